The van der Waals surface area contributed by atoms with Gasteiger partial charge in [0.05, 0.1) is 11.8 Å². The number of hydrogen-bond donors (Lipinski definition) is 0. The van der Waals surface area contributed by atoms with E-state index in [4.69, 9.17) is 4.84 Å². The van der Waals surface area contributed by atoms with Gasteiger partial charge in [0.25, 0.3) is 0 Å². The molecular formula is C17H21NO2. The van der Waals surface area contributed by atoms with Crippen LogP contribution in [-0.2, 0) is 4.84 Å². The number of carbonyl (C=O) groups is 1. The summed E-state index contributed by atoms with van der Waals surface area (Å²) in [6, 6.07) is 8.79. The summed E-state index contributed by atoms with van der Waals surface area (Å²) in [5, 5.41) is 3.77. The molecule has 0 bridgehead atoms. The zero-order chi connectivity index (χ0) is 15.0. The summed E-state index contributed by atoms with van der Waals surface area (Å²) in [7, 11) is 0. The summed E-state index contributed by atoms with van der Waals surface area (Å²) in [5.41, 5.74) is 4.55. The molecule has 1 rings (SSSR count). The molecule has 0 saturated carbocycles. The van der Waals surface area contributed by atoms with E-state index in [0.29, 0.717) is 5.56 Å². The van der Waals surface area contributed by atoms with Crippen molar-refractivity contribution in [3.8, 4) is 0 Å². The molecule has 0 unspecified atom stereocenters. The van der Waals surface area contributed by atoms with Crippen molar-refractivity contribution in [3.05, 3.63) is 53.3 Å². The molecule has 1 aromatic carbocycles. The summed E-state index contributed by atoms with van der Waals surface area (Å²) in [5.74, 6) is -0.457. The predicted molar refractivity (Wildman–Crippen MR) is 81.7 cm³/mol. The van der Waals surface area contributed by atoms with E-state index < -0.39 is 5.97 Å². The largest absolute Gasteiger partial charge is 0.365 e. The van der Waals surface area contributed by atoms with Crippen LogP contribution in [0.25, 0.3) is 0 Å². The molecule has 0 spiro atoms. The molecular weight excluding hydrogens is 250 g/mol. The van der Waals surface area contributed by atoms with Gasteiger partial charge in [-0.1, -0.05) is 44.1 Å². The van der Waals surface area contributed by atoms with Crippen LogP contribution in [0.3, 0.4) is 0 Å². The number of benzene rings is 1. The van der Waals surface area contributed by atoms with Crippen LogP contribution in [0.15, 0.2) is 52.9 Å². The Balaban J connectivity index is 2.65. The first-order chi connectivity index (χ1) is 9.44. The third-order valence-electron chi connectivity index (χ3n) is 2.75. The van der Waals surface area contributed by atoms with E-state index in [1.165, 1.54) is 5.57 Å². The third kappa shape index (κ3) is 5.68. The lowest BCUT2D eigenvalue weighted by Gasteiger charge is -2.10. The standard InChI is InChI=1S/C17H21NO2/c1-5-14(2)11-12-17(3,4)13-18-20-16(19)15-9-7-6-8-10-15/h6-10,12-13H,5H2,1-4H3/b18-13+. The van der Waals surface area contributed by atoms with Crippen molar-refractivity contribution >= 4 is 12.2 Å². The Labute approximate surface area is 120 Å². The summed E-state index contributed by atoms with van der Waals surface area (Å²) in [6.45, 7) is 8.06. The molecule has 0 heterocycles. The molecule has 0 aliphatic carbocycles. The second-order valence-electron chi connectivity index (χ2n) is 5.22. The van der Waals surface area contributed by atoms with E-state index >= 15 is 0 Å². The maximum Gasteiger partial charge on any atom is 0.365 e. The molecule has 1 aromatic rings. The van der Waals surface area contributed by atoms with Crippen LogP contribution in [0, 0.1) is 5.41 Å². The zero-order valence-electron chi connectivity index (χ0n) is 12.5. The molecule has 0 aromatic heterocycles. The lowest BCUT2D eigenvalue weighted by atomic mass is 9.95. The van der Waals surface area contributed by atoms with Crippen LogP contribution in [-0.4, -0.2) is 12.2 Å². The molecule has 0 aliphatic rings. The van der Waals surface area contributed by atoms with Crippen LogP contribution in [0.5, 0.6) is 0 Å². The fraction of sp³-hybridized carbons (Fsp3) is 0.353. The summed E-state index contributed by atoms with van der Waals surface area (Å²) in [4.78, 5) is 16.6. The second kappa shape index (κ2) is 7.46. The van der Waals surface area contributed by atoms with Crippen LogP contribution < -0.4 is 0 Å². The summed E-state index contributed by atoms with van der Waals surface area (Å²) < 4.78 is 0. The Morgan fingerprint density at radius 3 is 2.60 bits per heavy atom. The number of rotatable bonds is 5. The number of oxime groups is 1. The predicted octanol–water partition coefficient (Wildman–Crippen LogP) is 4.37. The van der Waals surface area contributed by atoms with Gasteiger partial charge in [0.2, 0.25) is 0 Å². The van der Waals surface area contributed by atoms with E-state index in [1.807, 2.05) is 32.9 Å². The van der Waals surface area contributed by atoms with Crippen molar-refractivity contribution in [2.75, 3.05) is 0 Å². The van der Waals surface area contributed by atoms with E-state index in [2.05, 4.69) is 17.8 Å². The molecule has 0 atom stereocenters. The van der Waals surface area contributed by atoms with Gasteiger partial charge in [-0.05, 0) is 37.1 Å². The Morgan fingerprint density at radius 2 is 2.00 bits per heavy atom. The molecule has 0 amide bonds. The SMILES string of the molecule is CCC(C)=C=CC(C)(C)/C=N/OC(=O)c1ccccc1. The van der Waals surface area contributed by atoms with Gasteiger partial charge in [0.15, 0.2) is 0 Å². The Kier molecular flexibility index (Phi) is 5.95. The zero-order valence-corrected chi connectivity index (χ0v) is 12.5. The fourth-order valence-corrected chi connectivity index (χ4v) is 1.29. The maximum atomic E-state index is 11.7. The average Bonchev–Trinajstić information content (AvgIpc) is 2.45. The highest BCUT2D eigenvalue weighted by Gasteiger charge is 2.11. The number of allylic oxidation sites excluding steroid dienone is 1. The van der Waals surface area contributed by atoms with E-state index in [-0.39, 0.29) is 5.41 Å². The van der Waals surface area contributed by atoms with Crippen molar-refractivity contribution in [2.45, 2.75) is 34.1 Å². The van der Waals surface area contributed by atoms with E-state index in [0.717, 1.165) is 6.42 Å². The first-order valence-electron chi connectivity index (χ1n) is 6.69. The minimum atomic E-state index is -0.457. The van der Waals surface area contributed by atoms with Gasteiger partial charge in [-0.3, -0.25) is 0 Å². The van der Waals surface area contributed by atoms with Crippen molar-refractivity contribution < 1.29 is 9.63 Å². The lowest BCUT2D eigenvalue weighted by Crippen LogP contribution is -2.10. The van der Waals surface area contributed by atoms with E-state index in [9.17, 15) is 4.79 Å². The van der Waals surface area contributed by atoms with E-state index in [1.54, 1.807) is 30.5 Å². The van der Waals surface area contributed by atoms with Crippen molar-refractivity contribution in [2.24, 2.45) is 10.6 Å². The lowest BCUT2D eigenvalue weighted by molar-refractivity contribution is 0.0516. The third-order valence-corrected chi connectivity index (χ3v) is 2.75. The summed E-state index contributed by atoms with van der Waals surface area (Å²) >= 11 is 0. The number of nitrogens with zero attached hydrogens (tertiary/aromatic N) is 1. The van der Waals surface area contributed by atoms with Gasteiger partial charge in [-0.2, -0.15) is 0 Å². The Bertz CT molecular complexity index is 535. The molecule has 3 heteroatoms. The van der Waals surface area contributed by atoms with Gasteiger partial charge in [-0.25, -0.2) is 4.79 Å². The minimum Gasteiger partial charge on any atom is -0.313 e. The van der Waals surface area contributed by atoms with Gasteiger partial charge in [0, 0.05) is 5.41 Å². The Hall–Kier alpha value is -2.12. The quantitative estimate of drug-likeness (QED) is 0.345. The van der Waals surface area contributed by atoms with Crippen molar-refractivity contribution in [3.63, 3.8) is 0 Å². The van der Waals surface area contributed by atoms with Crippen LogP contribution >= 0.6 is 0 Å². The molecule has 0 saturated heterocycles. The second-order valence-corrected chi connectivity index (χ2v) is 5.22. The molecule has 0 radical (unpaired) electrons. The molecule has 0 aliphatic heterocycles. The topological polar surface area (TPSA) is 38.7 Å². The normalized spacial score (nSPS) is 11.0. The number of carbonyl (C=O) groups excluding carboxylic acids is 1. The van der Waals surface area contributed by atoms with Gasteiger partial charge >= 0.3 is 5.97 Å². The first-order valence-corrected chi connectivity index (χ1v) is 6.69. The number of hydrogen-bond acceptors (Lipinski definition) is 3. The molecule has 0 fully saturated rings. The monoisotopic (exact) mass is 271 g/mol. The highest BCUT2D eigenvalue weighted by Crippen LogP contribution is 2.14. The fourth-order valence-electron chi connectivity index (χ4n) is 1.29. The molecule has 0 N–H and O–H groups in total. The molecule has 106 valence electrons. The molecule has 20 heavy (non-hydrogen) atoms. The first kappa shape index (κ1) is 15.9. The average molecular weight is 271 g/mol. The highest BCUT2D eigenvalue weighted by molar-refractivity contribution is 5.89. The van der Waals surface area contributed by atoms with Crippen LogP contribution in [0.4, 0.5) is 0 Å². The maximum absolute atomic E-state index is 11.7. The van der Waals surface area contributed by atoms with Crippen molar-refractivity contribution in [1.29, 1.82) is 0 Å². The summed E-state index contributed by atoms with van der Waals surface area (Å²) in [6.07, 6.45) is 4.49. The van der Waals surface area contributed by atoms with Gasteiger partial charge < -0.3 is 4.84 Å². The minimum absolute atomic E-state index is 0.312. The smallest absolute Gasteiger partial charge is 0.313 e. The van der Waals surface area contributed by atoms with Crippen LogP contribution in [0.2, 0.25) is 0 Å². The Morgan fingerprint density at radius 1 is 1.35 bits per heavy atom. The van der Waals surface area contributed by atoms with Crippen LogP contribution in [0.1, 0.15) is 44.5 Å². The highest BCUT2D eigenvalue weighted by atomic mass is 16.7. The van der Waals surface area contributed by atoms with Gasteiger partial charge in [-0.15, -0.1) is 5.73 Å². The van der Waals surface area contributed by atoms with Crippen molar-refractivity contribution in [1.82, 2.24) is 0 Å². The molecule has 3 nitrogen and oxygen atoms in total. The van der Waals surface area contributed by atoms with Gasteiger partial charge in [0.1, 0.15) is 0 Å².